The van der Waals surface area contributed by atoms with E-state index in [4.69, 9.17) is 9.47 Å². The van der Waals surface area contributed by atoms with Crippen LogP contribution in [0.15, 0.2) is 24.3 Å². The van der Waals surface area contributed by atoms with Gasteiger partial charge in [0, 0.05) is 44.9 Å². The quantitative estimate of drug-likeness (QED) is 0.841. The molecule has 0 N–H and O–H groups in total. The highest BCUT2D eigenvalue weighted by atomic mass is 16.5. The number of nitrogens with zero attached hydrogens (tertiary/aromatic N) is 2. The van der Waals surface area contributed by atoms with E-state index in [9.17, 15) is 4.79 Å². The minimum Gasteiger partial charge on any atom is -0.497 e. The largest absolute Gasteiger partial charge is 0.497 e. The van der Waals surface area contributed by atoms with Crippen LogP contribution in [0.2, 0.25) is 0 Å². The fourth-order valence-corrected chi connectivity index (χ4v) is 3.93. The molecule has 5 nitrogen and oxygen atoms in total. The molecule has 1 amide bonds. The summed E-state index contributed by atoms with van der Waals surface area (Å²) in [6.45, 7) is 9.88. The van der Waals surface area contributed by atoms with E-state index in [2.05, 4.69) is 18.7 Å². The van der Waals surface area contributed by atoms with Crippen molar-refractivity contribution in [3.63, 3.8) is 0 Å². The van der Waals surface area contributed by atoms with Crippen molar-refractivity contribution in [2.45, 2.75) is 32.3 Å². The van der Waals surface area contributed by atoms with Crippen LogP contribution < -0.4 is 4.74 Å². The van der Waals surface area contributed by atoms with Gasteiger partial charge in [-0.05, 0) is 56.9 Å². The van der Waals surface area contributed by atoms with Crippen molar-refractivity contribution in [3.8, 4) is 5.75 Å². The highest BCUT2D eigenvalue weighted by Crippen LogP contribution is 2.29. The summed E-state index contributed by atoms with van der Waals surface area (Å²) >= 11 is 0. The van der Waals surface area contributed by atoms with Crippen LogP contribution in [0.4, 0.5) is 0 Å². The first-order chi connectivity index (χ1) is 12.0. The van der Waals surface area contributed by atoms with Crippen molar-refractivity contribution in [1.29, 1.82) is 0 Å². The van der Waals surface area contributed by atoms with Gasteiger partial charge >= 0.3 is 0 Å². The van der Waals surface area contributed by atoms with Crippen LogP contribution >= 0.6 is 0 Å². The van der Waals surface area contributed by atoms with Crippen molar-refractivity contribution in [3.05, 3.63) is 29.8 Å². The second-order valence-electron chi connectivity index (χ2n) is 7.79. The summed E-state index contributed by atoms with van der Waals surface area (Å²) in [5.41, 5.74) is 0.746. The Kier molecular flexibility index (Phi) is 5.64. The highest BCUT2D eigenvalue weighted by molar-refractivity contribution is 5.94. The van der Waals surface area contributed by atoms with Gasteiger partial charge in [-0.1, -0.05) is 0 Å². The molecule has 0 saturated carbocycles. The Balaban J connectivity index is 1.48. The molecule has 2 fully saturated rings. The molecule has 1 aromatic carbocycles. The maximum atomic E-state index is 12.6. The van der Waals surface area contributed by atoms with E-state index in [0.717, 1.165) is 63.5 Å². The standard InChI is InChI=1S/C20H30N2O3/c1-20(2)14-16(8-13-25-20)15-21-9-11-22(12-10-21)19(23)17-4-6-18(24-3)7-5-17/h4-7,16H,8-15H2,1-3H3/t16-/m1/s1. The van der Waals surface area contributed by atoms with E-state index in [1.54, 1.807) is 7.11 Å². The maximum Gasteiger partial charge on any atom is 0.253 e. The van der Waals surface area contributed by atoms with Crippen LogP contribution in [0.25, 0.3) is 0 Å². The summed E-state index contributed by atoms with van der Waals surface area (Å²) in [7, 11) is 1.63. The third kappa shape index (κ3) is 4.73. The Morgan fingerprint density at radius 3 is 2.48 bits per heavy atom. The average molecular weight is 346 g/mol. The zero-order valence-corrected chi connectivity index (χ0v) is 15.7. The number of benzene rings is 1. The molecule has 1 aromatic rings. The number of hydrogen-bond acceptors (Lipinski definition) is 4. The molecule has 5 heteroatoms. The number of methoxy groups -OCH3 is 1. The van der Waals surface area contributed by atoms with Crippen molar-refractivity contribution in [1.82, 2.24) is 9.80 Å². The third-order valence-electron chi connectivity index (χ3n) is 5.31. The molecule has 0 aromatic heterocycles. The lowest BCUT2D eigenvalue weighted by atomic mass is 9.88. The predicted molar refractivity (Wildman–Crippen MR) is 98.1 cm³/mol. The Morgan fingerprint density at radius 2 is 1.88 bits per heavy atom. The minimum atomic E-state index is 0.00900. The second kappa shape index (κ2) is 7.75. The van der Waals surface area contributed by atoms with Gasteiger partial charge in [0.2, 0.25) is 0 Å². The summed E-state index contributed by atoms with van der Waals surface area (Å²) in [6.07, 6.45) is 2.27. The number of carbonyl (C=O) groups is 1. The van der Waals surface area contributed by atoms with Crippen LogP contribution in [0.5, 0.6) is 5.75 Å². The third-order valence-corrected chi connectivity index (χ3v) is 5.31. The minimum absolute atomic E-state index is 0.00900. The first kappa shape index (κ1) is 18.2. The molecule has 0 aliphatic carbocycles. The fraction of sp³-hybridized carbons (Fsp3) is 0.650. The van der Waals surface area contributed by atoms with Gasteiger partial charge in [0.05, 0.1) is 12.7 Å². The van der Waals surface area contributed by atoms with Gasteiger partial charge in [-0.25, -0.2) is 0 Å². The van der Waals surface area contributed by atoms with Crippen LogP contribution in [0.3, 0.4) is 0 Å². The lowest BCUT2D eigenvalue weighted by Gasteiger charge is -2.40. The molecule has 1 atom stereocenters. The number of piperazine rings is 1. The van der Waals surface area contributed by atoms with Crippen molar-refractivity contribution in [2.75, 3.05) is 46.4 Å². The normalized spacial score (nSPS) is 24.1. The average Bonchev–Trinajstić information content (AvgIpc) is 2.61. The van der Waals surface area contributed by atoms with Gasteiger partial charge < -0.3 is 14.4 Å². The zero-order chi connectivity index (χ0) is 17.9. The van der Waals surface area contributed by atoms with Gasteiger partial charge in [-0.2, -0.15) is 0 Å². The Bertz CT molecular complexity index is 577. The molecule has 138 valence electrons. The first-order valence-electron chi connectivity index (χ1n) is 9.26. The molecule has 3 rings (SSSR count). The van der Waals surface area contributed by atoms with E-state index in [-0.39, 0.29) is 11.5 Å². The van der Waals surface area contributed by atoms with Crippen molar-refractivity contribution < 1.29 is 14.3 Å². The van der Waals surface area contributed by atoms with Gasteiger partial charge in [0.25, 0.3) is 5.91 Å². The monoisotopic (exact) mass is 346 g/mol. The van der Waals surface area contributed by atoms with Gasteiger partial charge in [-0.3, -0.25) is 9.69 Å². The molecule has 0 bridgehead atoms. The number of ether oxygens (including phenoxy) is 2. The number of hydrogen-bond donors (Lipinski definition) is 0. The van der Waals surface area contributed by atoms with Gasteiger partial charge in [0.1, 0.15) is 5.75 Å². The Morgan fingerprint density at radius 1 is 1.20 bits per heavy atom. The molecular formula is C20H30N2O3. The molecule has 0 unspecified atom stereocenters. The van der Waals surface area contributed by atoms with Crippen molar-refractivity contribution >= 4 is 5.91 Å². The zero-order valence-electron chi connectivity index (χ0n) is 15.7. The summed E-state index contributed by atoms with van der Waals surface area (Å²) in [5, 5.41) is 0. The van der Waals surface area contributed by atoms with Gasteiger partial charge in [-0.15, -0.1) is 0 Å². The van der Waals surface area contributed by atoms with E-state index < -0.39 is 0 Å². The van der Waals surface area contributed by atoms with E-state index >= 15 is 0 Å². The lowest BCUT2D eigenvalue weighted by molar-refractivity contribution is -0.0778. The van der Waals surface area contributed by atoms with E-state index in [1.165, 1.54) is 0 Å². The first-order valence-corrected chi connectivity index (χ1v) is 9.26. The van der Waals surface area contributed by atoms with Gasteiger partial charge in [0.15, 0.2) is 0 Å². The predicted octanol–water partition coefficient (Wildman–Crippen LogP) is 2.66. The number of amides is 1. The summed E-state index contributed by atoms with van der Waals surface area (Å²) in [4.78, 5) is 17.1. The molecule has 2 saturated heterocycles. The molecule has 25 heavy (non-hydrogen) atoms. The molecule has 0 spiro atoms. The van der Waals surface area contributed by atoms with Crippen LogP contribution in [-0.4, -0.2) is 67.7 Å². The lowest BCUT2D eigenvalue weighted by Crippen LogP contribution is -2.50. The van der Waals surface area contributed by atoms with Crippen LogP contribution in [-0.2, 0) is 4.74 Å². The van der Waals surface area contributed by atoms with Crippen LogP contribution in [0.1, 0.15) is 37.0 Å². The fourth-order valence-electron chi connectivity index (χ4n) is 3.93. The molecule has 2 aliphatic heterocycles. The topological polar surface area (TPSA) is 42.0 Å². The van der Waals surface area contributed by atoms with Crippen molar-refractivity contribution in [2.24, 2.45) is 5.92 Å². The maximum absolute atomic E-state index is 12.6. The smallest absolute Gasteiger partial charge is 0.253 e. The molecule has 2 heterocycles. The number of carbonyl (C=O) groups excluding carboxylic acids is 1. The summed E-state index contributed by atoms with van der Waals surface area (Å²) in [5.74, 6) is 1.60. The Labute approximate surface area is 150 Å². The molecular weight excluding hydrogens is 316 g/mol. The van der Waals surface area contributed by atoms with E-state index in [0.29, 0.717) is 5.92 Å². The highest BCUT2D eigenvalue weighted by Gasteiger charge is 2.31. The second-order valence-corrected chi connectivity index (χ2v) is 7.79. The van der Waals surface area contributed by atoms with Crippen LogP contribution in [0, 0.1) is 5.92 Å². The SMILES string of the molecule is COc1ccc(C(=O)N2CCN(C[C@@H]3CCOC(C)(C)C3)CC2)cc1. The number of rotatable bonds is 4. The summed E-state index contributed by atoms with van der Waals surface area (Å²) in [6, 6.07) is 7.38. The molecule has 2 aliphatic rings. The van der Waals surface area contributed by atoms with E-state index in [1.807, 2.05) is 29.2 Å². The summed E-state index contributed by atoms with van der Waals surface area (Å²) < 4.78 is 11.0. The molecule has 0 radical (unpaired) electrons. The Hall–Kier alpha value is -1.59.